The van der Waals surface area contributed by atoms with Gasteiger partial charge in [0.05, 0.1) is 24.3 Å². The summed E-state index contributed by atoms with van der Waals surface area (Å²) < 4.78 is 5.32. The van der Waals surface area contributed by atoms with Crippen LogP contribution in [0.1, 0.15) is 37.6 Å². The summed E-state index contributed by atoms with van der Waals surface area (Å²) in [5.41, 5.74) is 1.67. The molecule has 0 saturated heterocycles. The van der Waals surface area contributed by atoms with Crippen molar-refractivity contribution in [2.24, 2.45) is 0 Å². The lowest BCUT2D eigenvalue weighted by Crippen LogP contribution is -2.09. The van der Waals surface area contributed by atoms with Gasteiger partial charge in [0.1, 0.15) is 5.75 Å². The maximum absolute atomic E-state index is 11.2. The third-order valence-corrected chi connectivity index (χ3v) is 4.60. The van der Waals surface area contributed by atoms with E-state index >= 15 is 0 Å². The second-order valence-electron chi connectivity index (χ2n) is 6.33. The maximum atomic E-state index is 11.2. The fraction of sp³-hybridized carbons (Fsp3) is 0.412. The molecule has 0 aliphatic rings. The number of methoxy groups -OCH3 is 1. The maximum Gasteiger partial charge on any atom is 0.221 e. The molecule has 0 aliphatic carbocycles. The molecular formula is C17H23N3O2S. The van der Waals surface area contributed by atoms with Crippen molar-refractivity contribution in [2.45, 2.75) is 39.7 Å². The number of hydrogen-bond acceptors (Lipinski definition) is 5. The predicted octanol–water partition coefficient (Wildman–Crippen LogP) is 4.02. The summed E-state index contributed by atoms with van der Waals surface area (Å²) in [6, 6.07) is 5.62. The molecule has 0 fully saturated rings. The van der Waals surface area contributed by atoms with Gasteiger partial charge in [-0.2, -0.15) is 0 Å². The van der Waals surface area contributed by atoms with Crippen molar-refractivity contribution in [3.05, 3.63) is 34.3 Å². The Morgan fingerprint density at radius 1 is 1.35 bits per heavy atom. The first-order valence-corrected chi connectivity index (χ1v) is 8.26. The molecule has 124 valence electrons. The molecule has 0 bridgehead atoms. The summed E-state index contributed by atoms with van der Waals surface area (Å²) in [6.07, 6.45) is 1.92. The van der Waals surface area contributed by atoms with Crippen molar-refractivity contribution >= 4 is 28.6 Å². The first kappa shape index (κ1) is 17.3. The highest BCUT2D eigenvalue weighted by molar-refractivity contribution is 7.11. The van der Waals surface area contributed by atoms with Gasteiger partial charge in [0.15, 0.2) is 0 Å². The van der Waals surface area contributed by atoms with Crippen LogP contribution in [0.3, 0.4) is 0 Å². The lowest BCUT2D eigenvalue weighted by molar-refractivity contribution is -0.114. The minimum absolute atomic E-state index is 0.0755. The number of carbonyl (C=O) groups is 1. The van der Waals surface area contributed by atoms with E-state index in [-0.39, 0.29) is 11.3 Å². The lowest BCUT2D eigenvalue weighted by atomic mass is 9.98. The molecule has 6 heteroatoms. The number of thiazole rings is 1. The molecule has 1 aromatic carbocycles. The Labute approximate surface area is 141 Å². The van der Waals surface area contributed by atoms with E-state index in [1.165, 1.54) is 11.8 Å². The molecule has 1 heterocycles. The lowest BCUT2D eigenvalue weighted by Gasteiger charge is -2.13. The summed E-state index contributed by atoms with van der Waals surface area (Å²) in [6.45, 7) is 8.66. The number of amides is 1. The molecule has 0 atom stereocenters. The van der Waals surface area contributed by atoms with Crippen molar-refractivity contribution in [2.75, 3.05) is 17.7 Å². The quantitative estimate of drug-likeness (QED) is 0.867. The van der Waals surface area contributed by atoms with Crippen LogP contribution in [0.15, 0.2) is 24.4 Å². The van der Waals surface area contributed by atoms with Crippen molar-refractivity contribution in [3.63, 3.8) is 0 Å². The van der Waals surface area contributed by atoms with Crippen LogP contribution in [0, 0.1) is 0 Å². The second-order valence-corrected chi connectivity index (χ2v) is 7.45. The van der Waals surface area contributed by atoms with E-state index < -0.39 is 0 Å². The van der Waals surface area contributed by atoms with Crippen LogP contribution in [-0.2, 0) is 16.8 Å². The number of ether oxygens (including phenoxy) is 1. The van der Waals surface area contributed by atoms with E-state index in [4.69, 9.17) is 4.74 Å². The van der Waals surface area contributed by atoms with E-state index in [0.29, 0.717) is 18.0 Å². The van der Waals surface area contributed by atoms with Crippen molar-refractivity contribution in [3.8, 4) is 5.75 Å². The molecule has 1 aromatic heterocycles. The summed E-state index contributed by atoms with van der Waals surface area (Å²) >= 11 is 1.72. The Hall–Kier alpha value is -2.08. The number of aromatic nitrogens is 1. The molecule has 1 amide bonds. The Kier molecular flexibility index (Phi) is 5.26. The van der Waals surface area contributed by atoms with Gasteiger partial charge in [0.2, 0.25) is 5.91 Å². The summed E-state index contributed by atoms with van der Waals surface area (Å²) in [4.78, 5) is 16.8. The third kappa shape index (κ3) is 4.69. The average molecular weight is 333 g/mol. The van der Waals surface area contributed by atoms with Crippen molar-refractivity contribution in [1.29, 1.82) is 0 Å². The minimum atomic E-state index is -0.122. The smallest absolute Gasteiger partial charge is 0.221 e. The Morgan fingerprint density at radius 2 is 2.09 bits per heavy atom. The van der Waals surface area contributed by atoms with Gasteiger partial charge in [-0.25, -0.2) is 4.98 Å². The molecular weight excluding hydrogens is 310 g/mol. The first-order valence-electron chi connectivity index (χ1n) is 7.44. The van der Waals surface area contributed by atoms with E-state index in [2.05, 4.69) is 36.4 Å². The number of nitrogens with one attached hydrogen (secondary N) is 2. The average Bonchev–Trinajstić information content (AvgIpc) is 2.94. The highest BCUT2D eigenvalue weighted by atomic mass is 32.1. The van der Waals surface area contributed by atoms with Gasteiger partial charge >= 0.3 is 0 Å². The zero-order valence-electron chi connectivity index (χ0n) is 14.2. The molecule has 0 aliphatic heterocycles. The van der Waals surface area contributed by atoms with Crippen LogP contribution >= 0.6 is 11.3 Å². The van der Waals surface area contributed by atoms with E-state index in [0.717, 1.165) is 10.7 Å². The molecule has 5 nitrogen and oxygen atoms in total. The SMILES string of the molecule is COc1cc(NCc2cnc(C(C)(C)C)s2)ccc1NC(C)=O. The fourth-order valence-electron chi connectivity index (χ4n) is 2.02. The van der Waals surface area contributed by atoms with Crippen molar-refractivity contribution < 1.29 is 9.53 Å². The standard InChI is InChI=1S/C17H23N3O2S/c1-11(21)20-14-7-6-12(8-15(14)22-5)18-9-13-10-19-16(23-13)17(2,3)4/h6-8,10,18H,9H2,1-5H3,(H,20,21). The number of benzene rings is 1. The highest BCUT2D eigenvalue weighted by Gasteiger charge is 2.17. The predicted molar refractivity (Wildman–Crippen MR) is 95.4 cm³/mol. The van der Waals surface area contributed by atoms with Crippen LogP contribution in [0.25, 0.3) is 0 Å². The number of nitrogens with zero attached hydrogens (tertiary/aromatic N) is 1. The molecule has 0 spiro atoms. The van der Waals surface area contributed by atoms with Crippen LogP contribution in [-0.4, -0.2) is 18.0 Å². The molecule has 0 saturated carbocycles. The van der Waals surface area contributed by atoms with Crippen LogP contribution in [0.5, 0.6) is 5.75 Å². The topological polar surface area (TPSA) is 63.2 Å². The van der Waals surface area contributed by atoms with Gasteiger partial charge in [-0.1, -0.05) is 20.8 Å². The molecule has 2 N–H and O–H groups in total. The van der Waals surface area contributed by atoms with E-state index in [9.17, 15) is 4.79 Å². The molecule has 23 heavy (non-hydrogen) atoms. The summed E-state index contributed by atoms with van der Waals surface area (Å²) in [5, 5.41) is 7.24. The summed E-state index contributed by atoms with van der Waals surface area (Å²) in [7, 11) is 1.59. The van der Waals surface area contributed by atoms with Gasteiger partial charge in [-0.05, 0) is 12.1 Å². The zero-order valence-corrected chi connectivity index (χ0v) is 15.0. The Morgan fingerprint density at radius 3 is 2.65 bits per heavy atom. The fourth-order valence-corrected chi connectivity index (χ4v) is 2.93. The van der Waals surface area contributed by atoms with Gasteiger partial charge in [-0.15, -0.1) is 11.3 Å². The number of hydrogen-bond donors (Lipinski definition) is 2. The van der Waals surface area contributed by atoms with Gasteiger partial charge < -0.3 is 15.4 Å². The van der Waals surface area contributed by atoms with Crippen LogP contribution in [0.4, 0.5) is 11.4 Å². The zero-order chi connectivity index (χ0) is 17.0. The monoisotopic (exact) mass is 333 g/mol. The van der Waals surface area contributed by atoms with E-state index in [1.54, 1.807) is 18.4 Å². The number of rotatable bonds is 5. The number of anilines is 2. The Balaban J connectivity index is 2.06. The molecule has 0 radical (unpaired) electrons. The first-order chi connectivity index (χ1) is 10.8. The summed E-state index contributed by atoms with van der Waals surface area (Å²) in [5.74, 6) is 0.508. The van der Waals surface area contributed by atoms with Gasteiger partial charge in [0.25, 0.3) is 0 Å². The largest absolute Gasteiger partial charge is 0.494 e. The van der Waals surface area contributed by atoms with Gasteiger partial charge in [-0.3, -0.25) is 4.79 Å². The molecule has 0 unspecified atom stereocenters. The molecule has 2 aromatic rings. The minimum Gasteiger partial charge on any atom is -0.494 e. The molecule has 2 rings (SSSR count). The Bertz CT molecular complexity index is 689. The van der Waals surface area contributed by atoms with Crippen molar-refractivity contribution in [1.82, 2.24) is 4.98 Å². The van der Waals surface area contributed by atoms with Gasteiger partial charge in [0, 0.05) is 35.2 Å². The number of carbonyl (C=O) groups excluding carboxylic acids is 1. The van der Waals surface area contributed by atoms with E-state index in [1.807, 2.05) is 24.4 Å². The second kappa shape index (κ2) is 7.00. The highest BCUT2D eigenvalue weighted by Crippen LogP contribution is 2.30. The van der Waals surface area contributed by atoms with Crippen LogP contribution < -0.4 is 15.4 Å². The normalized spacial score (nSPS) is 11.2. The third-order valence-electron chi connectivity index (χ3n) is 3.17. The van der Waals surface area contributed by atoms with Crippen LogP contribution in [0.2, 0.25) is 0 Å².